The Morgan fingerprint density at radius 2 is 1.74 bits per heavy atom. The molecule has 3 N–H and O–H groups in total. The maximum atomic E-state index is 12.1. The number of hydrogen-bond donors (Lipinski definition) is 3. The van der Waals surface area contributed by atoms with Gasteiger partial charge in [0.1, 0.15) is 0 Å². The van der Waals surface area contributed by atoms with Gasteiger partial charge in [-0.2, -0.15) is 0 Å². The van der Waals surface area contributed by atoms with Gasteiger partial charge >= 0.3 is 5.97 Å². The number of rotatable bonds is 12. The third-order valence-corrected chi connectivity index (χ3v) is 8.53. The third kappa shape index (κ3) is 8.11. The molecule has 0 spiro atoms. The smallest absolute Gasteiger partial charge is 0.303 e. The molecule has 0 radical (unpaired) electrons. The summed E-state index contributed by atoms with van der Waals surface area (Å²) in [6.07, 6.45) is 3.33. The number of aromatic nitrogens is 2. The summed E-state index contributed by atoms with van der Waals surface area (Å²) in [6, 6.07) is 23.7. The van der Waals surface area contributed by atoms with Crippen molar-refractivity contribution in [1.82, 2.24) is 14.9 Å². The zero-order chi connectivity index (χ0) is 30.2. The van der Waals surface area contributed by atoms with Gasteiger partial charge in [0.25, 0.3) is 0 Å². The van der Waals surface area contributed by atoms with Gasteiger partial charge in [-0.3, -0.25) is 9.59 Å². The predicted octanol–water partition coefficient (Wildman–Crippen LogP) is 5.40. The van der Waals surface area contributed by atoms with Crippen LogP contribution >= 0.6 is 11.8 Å². The number of imidazole rings is 1. The van der Waals surface area contributed by atoms with Gasteiger partial charge in [-0.15, -0.1) is 0 Å². The van der Waals surface area contributed by atoms with Gasteiger partial charge < -0.3 is 29.6 Å². The average molecular weight is 602 g/mol. The molecule has 5 rings (SSSR count). The number of hydrogen-bond acceptors (Lipinski definition) is 7. The second kappa shape index (κ2) is 14.5. The van der Waals surface area contributed by atoms with Gasteiger partial charge in [0.05, 0.1) is 25.2 Å². The highest BCUT2D eigenvalue weighted by atomic mass is 32.2. The van der Waals surface area contributed by atoms with Crippen LogP contribution in [0.5, 0.6) is 0 Å². The number of aliphatic hydroxyl groups is 1. The van der Waals surface area contributed by atoms with E-state index in [4.69, 9.17) is 14.6 Å². The number of carboxylic acids is 1. The Hall–Kier alpha value is -3.96. The van der Waals surface area contributed by atoms with Crippen LogP contribution in [0.15, 0.2) is 90.3 Å². The molecule has 0 saturated carbocycles. The number of aliphatic carboxylic acids is 1. The summed E-state index contributed by atoms with van der Waals surface area (Å²) in [5.74, 6) is -0.569. The van der Waals surface area contributed by atoms with Crippen LogP contribution in [-0.4, -0.2) is 43.5 Å². The van der Waals surface area contributed by atoms with Crippen molar-refractivity contribution in [3.8, 4) is 11.1 Å². The second-order valence-electron chi connectivity index (χ2n) is 10.4. The lowest BCUT2D eigenvalue weighted by molar-refractivity contribution is -0.245. The number of carbonyl (C=O) groups excluding carboxylic acids is 1. The van der Waals surface area contributed by atoms with Gasteiger partial charge in [-0.05, 0) is 27.8 Å². The Balaban J connectivity index is 1.31. The number of aliphatic hydroxyl groups excluding tert-OH is 1. The van der Waals surface area contributed by atoms with Crippen molar-refractivity contribution in [2.75, 3.05) is 5.75 Å². The highest BCUT2D eigenvalue weighted by Gasteiger charge is 2.32. The van der Waals surface area contributed by atoms with E-state index >= 15 is 0 Å². The first-order valence-corrected chi connectivity index (χ1v) is 15.2. The van der Waals surface area contributed by atoms with E-state index in [-0.39, 0.29) is 37.6 Å². The first-order chi connectivity index (χ1) is 20.9. The van der Waals surface area contributed by atoms with E-state index in [2.05, 4.69) is 10.3 Å². The molecule has 1 saturated heterocycles. The van der Waals surface area contributed by atoms with Crippen LogP contribution in [-0.2, 0) is 39.3 Å². The minimum Gasteiger partial charge on any atom is -0.481 e. The molecule has 9 nitrogen and oxygen atoms in total. The molecule has 224 valence electrons. The summed E-state index contributed by atoms with van der Waals surface area (Å²) >= 11 is 1.65. The maximum absolute atomic E-state index is 12.1. The monoisotopic (exact) mass is 601 g/mol. The van der Waals surface area contributed by atoms with Crippen molar-refractivity contribution in [2.24, 2.45) is 7.05 Å². The van der Waals surface area contributed by atoms with Gasteiger partial charge in [0, 0.05) is 50.1 Å². The van der Waals surface area contributed by atoms with E-state index in [1.165, 1.54) is 0 Å². The van der Waals surface area contributed by atoms with Gasteiger partial charge in [-0.1, -0.05) is 84.6 Å². The first kappa shape index (κ1) is 30.5. The number of carboxylic acid groups (broad SMARTS) is 1. The van der Waals surface area contributed by atoms with Gasteiger partial charge in [0.2, 0.25) is 5.91 Å². The van der Waals surface area contributed by atoms with Crippen LogP contribution in [0.4, 0.5) is 0 Å². The Morgan fingerprint density at radius 3 is 2.44 bits per heavy atom. The summed E-state index contributed by atoms with van der Waals surface area (Å²) < 4.78 is 15.0. The zero-order valence-corrected chi connectivity index (χ0v) is 24.7. The molecule has 10 heteroatoms. The van der Waals surface area contributed by atoms with Crippen LogP contribution in [0.25, 0.3) is 11.1 Å². The molecule has 43 heavy (non-hydrogen) atoms. The molecule has 3 aromatic carbocycles. The summed E-state index contributed by atoms with van der Waals surface area (Å²) in [6.45, 7) is 0.296. The molecule has 1 aliphatic heterocycles. The lowest BCUT2D eigenvalue weighted by Crippen LogP contribution is -2.31. The molecule has 1 amide bonds. The molecular weight excluding hydrogens is 566 g/mol. The topological polar surface area (TPSA) is 123 Å². The number of benzene rings is 3. The fourth-order valence-electron chi connectivity index (χ4n) is 4.96. The molecular formula is C33H35N3O6S. The molecule has 0 unspecified atom stereocenters. The molecule has 2 heterocycles. The Bertz CT molecular complexity index is 1520. The summed E-state index contributed by atoms with van der Waals surface area (Å²) in [4.78, 5) is 27.3. The van der Waals surface area contributed by atoms with E-state index in [1.807, 2.05) is 90.6 Å². The fourth-order valence-corrected chi connectivity index (χ4v) is 5.91. The van der Waals surface area contributed by atoms with E-state index in [0.717, 1.165) is 44.3 Å². The van der Waals surface area contributed by atoms with Crippen LogP contribution in [0.1, 0.15) is 53.9 Å². The number of nitrogens with one attached hydrogen (secondary N) is 1. The summed E-state index contributed by atoms with van der Waals surface area (Å²) in [7, 11) is 1.97. The van der Waals surface area contributed by atoms with Gasteiger partial charge in [-0.25, -0.2) is 4.98 Å². The number of nitrogens with zero attached hydrogens (tertiary/aromatic N) is 2. The Labute approximate surface area is 254 Å². The predicted molar refractivity (Wildman–Crippen MR) is 163 cm³/mol. The number of thioether (sulfide) groups is 1. The third-order valence-electron chi connectivity index (χ3n) is 7.34. The molecule has 0 aliphatic carbocycles. The molecule has 3 atom stereocenters. The maximum Gasteiger partial charge on any atom is 0.303 e. The SMILES string of the molecule is Cn1ccnc1SC[C@H]1C[C@@H](c2ccc(CO)cc2)O[C@@H](c2ccc(-c3ccccc3CNC(=O)CCC(=O)O)cc2)O1. The number of aryl methyl sites for hydroxylation is 1. The number of ether oxygens (including phenoxy) is 2. The molecule has 1 aliphatic rings. The lowest BCUT2D eigenvalue weighted by atomic mass is 9.97. The van der Waals surface area contributed by atoms with E-state index in [0.29, 0.717) is 13.0 Å². The van der Waals surface area contributed by atoms with Crippen LogP contribution in [0.3, 0.4) is 0 Å². The zero-order valence-electron chi connectivity index (χ0n) is 23.9. The first-order valence-electron chi connectivity index (χ1n) is 14.2. The van der Waals surface area contributed by atoms with Crippen molar-refractivity contribution in [2.45, 2.75) is 56.1 Å². The normalized spacial score (nSPS) is 18.3. The molecule has 1 fully saturated rings. The lowest BCUT2D eigenvalue weighted by Gasteiger charge is -2.36. The Kier molecular flexibility index (Phi) is 10.3. The van der Waals surface area contributed by atoms with Crippen molar-refractivity contribution < 1.29 is 29.3 Å². The standard InChI is InChI=1S/C33H35N3O6S/c1-36-17-16-34-33(36)43-21-27-18-29(24-8-6-22(20-37)7-9-24)42-32(41-27)25-12-10-23(11-13-25)28-5-3-2-4-26(28)19-35-30(38)14-15-31(39)40/h2-13,16-17,27,29,32,37H,14-15,18-21H2,1H3,(H,35,38)(H,39,40)/t27-,29+,32+/m1/s1. The van der Waals surface area contributed by atoms with Crippen molar-refractivity contribution >= 4 is 23.6 Å². The van der Waals surface area contributed by atoms with E-state index in [1.54, 1.807) is 18.0 Å². The van der Waals surface area contributed by atoms with Crippen molar-refractivity contribution in [1.29, 1.82) is 0 Å². The Morgan fingerprint density at radius 1 is 1.00 bits per heavy atom. The molecule has 4 aromatic rings. The van der Waals surface area contributed by atoms with Crippen molar-refractivity contribution in [3.05, 3.63) is 107 Å². The van der Waals surface area contributed by atoms with Crippen LogP contribution in [0, 0.1) is 0 Å². The van der Waals surface area contributed by atoms with Crippen LogP contribution < -0.4 is 5.32 Å². The number of amides is 1. The minimum absolute atomic E-state index is 0.00690. The molecule has 0 bridgehead atoms. The molecule has 1 aromatic heterocycles. The van der Waals surface area contributed by atoms with E-state index in [9.17, 15) is 14.7 Å². The highest BCUT2D eigenvalue weighted by Crippen LogP contribution is 2.40. The number of carbonyl (C=O) groups is 2. The van der Waals surface area contributed by atoms with Gasteiger partial charge in [0.15, 0.2) is 11.4 Å². The van der Waals surface area contributed by atoms with Crippen LogP contribution in [0.2, 0.25) is 0 Å². The van der Waals surface area contributed by atoms with Crippen molar-refractivity contribution in [3.63, 3.8) is 0 Å². The summed E-state index contributed by atoms with van der Waals surface area (Å²) in [5.41, 5.74) is 5.67. The largest absolute Gasteiger partial charge is 0.481 e. The second-order valence-corrected chi connectivity index (χ2v) is 11.4. The highest BCUT2D eigenvalue weighted by molar-refractivity contribution is 7.99. The minimum atomic E-state index is -0.995. The summed E-state index contributed by atoms with van der Waals surface area (Å²) in [5, 5.41) is 22.0. The van der Waals surface area contributed by atoms with E-state index < -0.39 is 12.3 Å². The fraction of sp³-hybridized carbons (Fsp3) is 0.303. The quantitative estimate of drug-likeness (QED) is 0.185. The average Bonchev–Trinajstić information content (AvgIpc) is 3.46.